The average molecular weight is 767 g/mol. The van der Waals surface area contributed by atoms with Crippen LogP contribution in [-0.4, -0.2) is 100 Å². The largest absolute Gasteiger partial charge is 0.453 e. The Morgan fingerprint density at radius 1 is 0.750 bits per heavy atom. The summed E-state index contributed by atoms with van der Waals surface area (Å²) in [5, 5.41) is 9.07. The highest BCUT2D eigenvalue weighted by Gasteiger charge is 2.40. The van der Waals surface area contributed by atoms with Crippen LogP contribution in [0.4, 0.5) is 15.4 Å². The minimum absolute atomic E-state index is 0.116. The molecule has 5 amide bonds. The number of nitrogens with zero attached hydrogens (tertiary/aromatic N) is 4. The molecule has 15 heteroatoms. The molecule has 6 rings (SSSR count). The first-order valence-corrected chi connectivity index (χ1v) is 19.1. The molecule has 0 unspecified atom stereocenters. The van der Waals surface area contributed by atoms with Crippen LogP contribution >= 0.6 is 0 Å². The molecule has 0 saturated carbocycles. The lowest BCUT2D eigenvalue weighted by atomic mass is 10.0. The van der Waals surface area contributed by atoms with Crippen LogP contribution in [0.5, 0.6) is 0 Å². The lowest BCUT2D eigenvalue weighted by Gasteiger charge is -2.30. The van der Waals surface area contributed by atoms with Crippen LogP contribution in [-0.2, 0) is 23.9 Å². The maximum absolute atomic E-state index is 13.5. The second kappa shape index (κ2) is 17.2. The maximum atomic E-state index is 13.5. The van der Waals surface area contributed by atoms with E-state index in [0.29, 0.717) is 43.1 Å². The topological polar surface area (TPSA) is 188 Å². The van der Waals surface area contributed by atoms with E-state index in [1.165, 1.54) is 19.1 Å². The minimum atomic E-state index is -0.812. The number of fused-ring (bicyclic) bond motifs is 1. The molecule has 0 spiro atoms. The Morgan fingerprint density at radius 3 is 1.98 bits per heavy atom. The Morgan fingerprint density at radius 2 is 1.34 bits per heavy atom. The summed E-state index contributed by atoms with van der Waals surface area (Å²) >= 11 is 0. The summed E-state index contributed by atoms with van der Waals surface area (Å²) in [6, 6.07) is 15.3. The van der Waals surface area contributed by atoms with Crippen molar-refractivity contribution < 1.29 is 33.4 Å². The molecule has 4 aromatic rings. The van der Waals surface area contributed by atoms with Crippen LogP contribution in [0.25, 0.3) is 33.3 Å². The fourth-order valence-corrected chi connectivity index (χ4v) is 7.45. The van der Waals surface area contributed by atoms with E-state index >= 15 is 0 Å². The van der Waals surface area contributed by atoms with Gasteiger partial charge in [0.05, 0.1) is 37.7 Å². The molecule has 296 valence electrons. The number of aromatic amines is 1. The van der Waals surface area contributed by atoms with Gasteiger partial charge in [0.15, 0.2) is 0 Å². The zero-order chi connectivity index (χ0) is 40.1. The SMILES string of the molecule is COC(=O)N[C@H](C(=O)N1CCC[C@H]1C(=O)Nc1ccc2cc(-c3ccc(-c4cnc([C@@H]5CCCN5C(=O)[C@@H](NC(=O)OC)C(C)C)[nH]4)cc3)ccc2n1)C(C)C. The summed E-state index contributed by atoms with van der Waals surface area (Å²) in [7, 11) is 2.52. The molecule has 2 aromatic carbocycles. The summed E-state index contributed by atoms with van der Waals surface area (Å²) < 4.78 is 9.44. The lowest BCUT2D eigenvalue weighted by Crippen LogP contribution is -2.54. The van der Waals surface area contributed by atoms with Crippen LogP contribution < -0.4 is 16.0 Å². The number of imidazole rings is 1. The summed E-state index contributed by atoms with van der Waals surface area (Å²) in [4.78, 5) is 80.2. The number of methoxy groups -OCH3 is 2. The standard InChI is InChI=1S/C41H50N8O7/c1-23(2)34(46-40(53)55-5)38(51)48-19-7-9-31(48)36-42-22-30(44-36)26-13-11-25(12-14-26)27-15-17-29-28(21-27)16-18-33(43-29)45-37(50)32-10-8-20-49(32)39(52)35(24(3)4)47-41(54)56-6/h11-18,21-24,31-32,34-35H,7-10,19-20H2,1-6H3,(H,42,44)(H,46,53)(H,47,54)(H,43,45,50)/t31-,32-,34-,35-/m0/s1. The lowest BCUT2D eigenvalue weighted by molar-refractivity contribution is -0.139. The predicted octanol–water partition coefficient (Wildman–Crippen LogP) is 5.65. The van der Waals surface area contributed by atoms with Crippen molar-refractivity contribution >= 4 is 46.6 Å². The highest BCUT2D eigenvalue weighted by molar-refractivity contribution is 5.99. The molecule has 56 heavy (non-hydrogen) atoms. The Balaban J connectivity index is 1.11. The van der Waals surface area contributed by atoms with Crippen LogP contribution in [0.15, 0.2) is 60.8 Å². The summed E-state index contributed by atoms with van der Waals surface area (Å²) in [5.74, 6) is -0.0280. The van der Waals surface area contributed by atoms with Crippen molar-refractivity contribution in [3.8, 4) is 22.4 Å². The fourth-order valence-electron chi connectivity index (χ4n) is 7.45. The zero-order valence-electron chi connectivity index (χ0n) is 32.6. The van der Waals surface area contributed by atoms with E-state index in [-0.39, 0.29) is 35.6 Å². The van der Waals surface area contributed by atoms with E-state index in [1.54, 1.807) is 17.2 Å². The van der Waals surface area contributed by atoms with Gasteiger partial charge in [0.2, 0.25) is 17.7 Å². The molecule has 2 aliphatic heterocycles. The van der Waals surface area contributed by atoms with Crippen molar-refractivity contribution in [1.82, 2.24) is 35.4 Å². The van der Waals surface area contributed by atoms with E-state index in [1.807, 2.05) is 76.2 Å². The number of H-pyrrole nitrogens is 1. The molecule has 4 heterocycles. The van der Waals surface area contributed by atoms with E-state index < -0.39 is 30.3 Å². The van der Waals surface area contributed by atoms with Gasteiger partial charge in [0.25, 0.3) is 0 Å². The number of anilines is 1. The summed E-state index contributed by atoms with van der Waals surface area (Å²) in [6.07, 6.45) is 3.23. The van der Waals surface area contributed by atoms with Gasteiger partial charge in [-0.2, -0.15) is 0 Å². The molecule has 2 fully saturated rings. The minimum Gasteiger partial charge on any atom is -0.453 e. The third-order valence-electron chi connectivity index (χ3n) is 10.5. The molecule has 0 radical (unpaired) electrons. The van der Waals surface area contributed by atoms with E-state index in [0.717, 1.165) is 40.6 Å². The van der Waals surface area contributed by atoms with Gasteiger partial charge < -0.3 is 40.2 Å². The number of amides is 5. The monoisotopic (exact) mass is 766 g/mol. The molecular formula is C41H50N8O7. The summed E-state index contributed by atoms with van der Waals surface area (Å²) in [5.41, 5.74) is 4.48. The molecule has 2 aromatic heterocycles. The van der Waals surface area contributed by atoms with Gasteiger partial charge in [-0.05, 0) is 78.5 Å². The van der Waals surface area contributed by atoms with Crippen molar-refractivity contribution in [3.63, 3.8) is 0 Å². The third-order valence-corrected chi connectivity index (χ3v) is 10.5. The second-order valence-corrected chi connectivity index (χ2v) is 14.9. The molecule has 0 aliphatic carbocycles. The molecule has 15 nitrogen and oxygen atoms in total. The number of benzene rings is 2. The molecule has 2 aliphatic rings. The number of rotatable bonds is 11. The van der Waals surface area contributed by atoms with Crippen LogP contribution in [0.1, 0.15) is 65.2 Å². The average Bonchev–Trinajstić information content (AvgIpc) is 4.00. The van der Waals surface area contributed by atoms with Gasteiger partial charge in [0, 0.05) is 18.5 Å². The quantitative estimate of drug-likeness (QED) is 0.150. The van der Waals surface area contributed by atoms with E-state index in [2.05, 4.69) is 30.9 Å². The van der Waals surface area contributed by atoms with Gasteiger partial charge in [-0.15, -0.1) is 0 Å². The number of hydrogen-bond acceptors (Lipinski definition) is 9. The van der Waals surface area contributed by atoms with Crippen LogP contribution in [0.3, 0.4) is 0 Å². The number of ether oxygens (including phenoxy) is 2. The number of carbonyl (C=O) groups excluding carboxylic acids is 5. The number of aromatic nitrogens is 3. The van der Waals surface area contributed by atoms with Crippen molar-refractivity contribution in [1.29, 1.82) is 0 Å². The predicted molar refractivity (Wildman–Crippen MR) is 210 cm³/mol. The molecule has 2 saturated heterocycles. The highest BCUT2D eigenvalue weighted by Crippen LogP contribution is 2.34. The van der Waals surface area contributed by atoms with Crippen LogP contribution in [0, 0.1) is 11.8 Å². The van der Waals surface area contributed by atoms with Crippen molar-refractivity contribution in [2.24, 2.45) is 11.8 Å². The van der Waals surface area contributed by atoms with Crippen molar-refractivity contribution in [2.45, 2.75) is 77.5 Å². The maximum Gasteiger partial charge on any atom is 0.407 e. The Hall–Kier alpha value is -5.99. The number of pyridine rings is 1. The third kappa shape index (κ3) is 8.61. The zero-order valence-corrected chi connectivity index (χ0v) is 32.6. The number of hydrogen-bond donors (Lipinski definition) is 4. The normalized spacial score (nSPS) is 17.9. The second-order valence-electron chi connectivity index (χ2n) is 14.9. The molecule has 4 N–H and O–H groups in total. The number of likely N-dealkylation sites (tertiary alicyclic amines) is 2. The highest BCUT2D eigenvalue weighted by atomic mass is 16.5. The van der Waals surface area contributed by atoms with E-state index in [4.69, 9.17) is 9.47 Å². The Kier molecular flexibility index (Phi) is 12.2. The summed E-state index contributed by atoms with van der Waals surface area (Å²) in [6.45, 7) is 8.43. The number of alkyl carbamates (subject to hydrolysis) is 2. The van der Waals surface area contributed by atoms with Crippen molar-refractivity contribution in [2.75, 3.05) is 32.6 Å². The number of carbonyl (C=O) groups is 5. The Labute approximate surface area is 325 Å². The van der Waals surface area contributed by atoms with Crippen molar-refractivity contribution in [3.05, 3.63) is 66.6 Å². The van der Waals surface area contributed by atoms with Gasteiger partial charge >= 0.3 is 12.2 Å². The van der Waals surface area contributed by atoms with Gasteiger partial charge in [-0.3, -0.25) is 14.4 Å². The van der Waals surface area contributed by atoms with Gasteiger partial charge in [-0.25, -0.2) is 19.6 Å². The first-order valence-electron chi connectivity index (χ1n) is 19.1. The Bertz CT molecular complexity index is 2080. The van der Waals surface area contributed by atoms with Gasteiger partial charge in [0.1, 0.15) is 29.8 Å². The smallest absolute Gasteiger partial charge is 0.407 e. The van der Waals surface area contributed by atoms with Gasteiger partial charge in [-0.1, -0.05) is 58.0 Å². The first kappa shape index (κ1) is 39.7. The molecular weight excluding hydrogens is 716 g/mol. The molecule has 0 bridgehead atoms. The number of nitrogens with one attached hydrogen (secondary N) is 4. The van der Waals surface area contributed by atoms with E-state index in [9.17, 15) is 24.0 Å². The molecule has 4 atom stereocenters. The van der Waals surface area contributed by atoms with Crippen LogP contribution in [0.2, 0.25) is 0 Å². The first-order chi connectivity index (χ1) is 26.9. The fraction of sp³-hybridized carbons (Fsp3) is 0.439.